The van der Waals surface area contributed by atoms with Crippen LogP contribution in [0.25, 0.3) is 11.3 Å². The minimum Gasteiger partial charge on any atom is -0.464 e. The summed E-state index contributed by atoms with van der Waals surface area (Å²) in [5.41, 5.74) is 1.36. The minimum atomic E-state index is -4.95. The predicted octanol–water partition coefficient (Wildman–Crippen LogP) is 5.90. The minimum absolute atomic E-state index is 0.0152. The van der Waals surface area contributed by atoms with Crippen LogP contribution in [0.2, 0.25) is 0 Å². The molecule has 41 heavy (non-hydrogen) atoms. The molecule has 2 aromatic rings. The van der Waals surface area contributed by atoms with E-state index >= 15 is 0 Å². The van der Waals surface area contributed by atoms with E-state index < -0.39 is 23.6 Å². The first-order valence-corrected chi connectivity index (χ1v) is 14.1. The maximum absolute atomic E-state index is 13.3. The Morgan fingerprint density at radius 1 is 1.02 bits per heavy atom. The number of nitrogens with zero attached hydrogens (tertiary/aromatic N) is 1. The topological polar surface area (TPSA) is 98.7 Å². The number of amides is 2. The Labute approximate surface area is 238 Å². The molecule has 1 aromatic heterocycles. The van der Waals surface area contributed by atoms with Crippen molar-refractivity contribution in [2.45, 2.75) is 103 Å². The molecule has 0 radical (unpaired) electrons. The van der Waals surface area contributed by atoms with Crippen molar-refractivity contribution in [3.8, 4) is 17.0 Å². The molecular weight excluding hydrogens is 539 g/mol. The molecular formula is C30H38F3N3O5. The lowest BCUT2D eigenvalue weighted by Gasteiger charge is -2.34. The lowest BCUT2D eigenvalue weighted by molar-refractivity contribution is -0.274. The van der Waals surface area contributed by atoms with Gasteiger partial charge in [0.15, 0.2) is 0 Å². The van der Waals surface area contributed by atoms with Gasteiger partial charge in [-0.1, -0.05) is 19.3 Å². The van der Waals surface area contributed by atoms with Crippen LogP contribution in [-0.4, -0.2) is 46.9 Å². The fraction of sp³-hybridized carbons (Fsp3) is 0.567. The number of hydrogen-bond acceptors (Lipinski definition) is 5. The summed E-state index contributed by atoms with van der Waals surface area (Å²) in [7, 11) is 0. The monoisotopic (exact) mass is 577 g/mol. The van der Waals surface area contributed by atoms with Crippen molar-refractivity contribution >= 4 is 18.3 Å². The largest absolute Gasteiger partial charge is 0.573 e. The van der Waals surface area contributed by atoms with Gasteiger partial charge in [0.1, 0.15) is 11.9 Å². The van der Waals surface area contributed by atoms with Gasteiger partial charge in [0.2, 0.25) is 0 Å². The molecule has 1 heterocycles. The van der Waals surface area contributed by atoms with Gasteiger partial charge >= 0.3 is 6.36 Å². The molecule has 11 heteroatoms. The van der Waals surface area contributed by atoms with Crippen molar-refractivity contribution < 1.29 is 37.0 Å². The molecule has 2 N–H and O–H groups in total. The quantitative estimate of drug-likeness (QED) is 0.362. The van der Waals surface area contributed by atoms with Gasteiger partial charge in [-0.25, -0.2) is 0 Å². The van der Waals surface area contributed by atoms with Crippen LogP contribution in [0.1, 0.15) is 92.1 Å². The van der Waals surface area contributed by atoms with Crippen LogP contribution < -0.4 is 15.4 Å². The van der Waals surface area contributed by atoms with Crippen molar-refractivity contribution in [3.63, 3.8) is 0 Å². The summed E-state index contributed by atoms with van der Waals surface area (Å²) in [6.07, 6.45) is 1.28. The Bertz CT molecular complexity index is 1270. The normalized spacial score (nSPS) is 19.7. The summed E-state index contributed by atoms with van der Waals surface area (Å²) in [6.45, 7) is 8.16. The molecule has 0 aliphatic heterocycles. The smallest absolute Gasteiger partial charge is 0.464 e. The van der Waals surface area contributed by atoms with E-state index in [4.69, 9.17) is 4.74 Å². The zero-order valence-electron chi connectivity index (χ0n) is 23.9. The summed E-state index contributed by atoms with van der Waals surface area (Å²) >= 11 is 0. The zero-order valence-corrected chi connectivity index (χ0v) is 23.9. The molecule has 2 saturated carbocycles. The summed E-state index contributed by atoms with van der Waals surface area (Å²) in [5.74, 6) is -1.01. The van der Waals surface area contributed by atoms with E-state index in [2.05, 4.69) is 15.4 Å². The molecule has 0 bridgehead atoms. The molecule has 224 valence electrons. The lowest BCUT2D eigenvalue weighted by Crippen LogP contribution is -2.47. The van der Waals surface area contributed by atoms with E-state index in [1.807, 2.05) is 11.5 Å². The maximum atomic E-state index is 13.3. The number of carbonyl (C=O) groups is 3. The number of benzene rings is 1. The van der Waals surface area contributed by atoms with E-state index in [0.29, 0.717) is 54.3 Å². The lowest BCUT2D eigenvalue weighted by atomic mass is 9.89. The van der Waals surface area contributed by atoms with Gasteiger partial charge in [0.25, 0.3) is 18.3 Å². The third-order valence-corrected chi connectivity index (χ3v) is 7.64. The van der Waals surface area contributed by atoms with E-state index in [1.165, 1.54) is 18.6 Å². The number of hydrogen-bond donors (Lipinski definition) is 2. The predicted molar refractivity (Wildman–Crippen MR) is 147 cm³/mol. The van der Waals surface area contributed by atoms with Gasteiger partial charge in [0, 0.05) is 53.5 Å². The zero-order chi connectivity index (χ0) is 29.9. The molecule has 2 fully saturated rings. The van der Waals surface area contributed by atoms with Crippen molar-refractivity contribution in [1.29, 1.82) is 0 Å². The van der Waals surface area contributed by atoms with Crippen molar-refractivity contribution in [2.24, 2.45) is 5.92 Å². The Kier molecular flexibility index (Phi) is 9.03. The van der Waals surface area contributed by atoms with Crippen LogP contribution in [0.5, 0.6) is 5.75 Å². The number of ether oxygens (including phenoxy) is 2. The fourth-order valence-electron chi connectivity index (χ4n) is 5.60. The summed E-state index contributed by atoms with van der Waals surface area (Å²) in [6, 6.07) is 5.38. The van der Waals surface area contributed by atoms with Gasteiger partial charge in [-0.15, -0.1) is 13.2 Å². The van der Waals surface area contributed by atoms with E-state index in [9.17, 15) is 27.6 Å². The molecule has 0 unspecified atom stereocenters. The van der Waals surface area contributed by atoms with E-state index in [1.54, 1.807) is 26.8 Å². The highest BCUT2D eigenvalue weighted by Crippen LogP contribution is 2.35. The molecule has 4 rings (SSSR count). The average molecular weight is 578 g/mol. The third-order valence-electron chi connectivity index (χ3n) is 7.64. The average Bonchev–Trinajstić information content (AvgIpc) is 3.17. The Balaban J connectivity index is 1.74. The molecule has 0 saturated heterocycles. The second kappa shape index (κ2) is 12.2. The van der Waals surface area contributed by atoms with Gasteiger partial charge in [0.05, 0.1) is 5.56 Å². The molecule has 0 atom stereocenters. The molecule has 1 aromatic carbocycles. The SMILES string of the molecule is Cc1c(C(=O)N[C@H]2C[C@H](OC=O)C2)cc(-c2cc(OC(F)(F)F)cc(C(=O)NC(C)(C)C)c2)n1CC1CCCCC1. The molecule has 2 amide bonds. The summed E-state index contributed by atoms with van der Waals surface area (Å²) < 4.78 is 51.0. The number of rotatable bonds is 9. The third kappa shape index (κ3) is 8.04. The standard InChI is InChI=1S/C30H38F3N3O5/c1-18-25(28(39)34-22-13-23(14-22)40-17-37)15-26(36(18)16-19-8-6-5-7-9-19)20-10-21(27(38)35-29(2,3)4)12-24(11-20)41-30(31,32)33/h10-12,15,17,19,22-23H,5-9,13-14,16H2,1-4H3,(H,34,39)(H,35,38)/t22-,23-. The first-order valence-electron chi connectivity index (χ1n) is 14.1. The van der Waals surface area contributed by atoms with Gasteiger partial charge in [-0.3, -0.25) is 14.4 Å². The Morgan fingerprint density at radius 2 is 1.71 bits per heavy atom. The van der Waals surface area contributed by atoms with Crippen LogP contribution in [0.4, 0.5) is 13.2 Å². The second-order valence-electron chi connectivity index (χ2n) is 12.1. The van der Waals surface area contributed by atoms with Crippen LogP contribution in [-0.2, 0) is 16.1 Å². The van der Waals surface area contributed by atoms with Crippen LogP contribution >= 0.6 is 0 Å². The van der Waals surface area contributed by atoms with Crippen molar-refractivity contribution in [2.75, 3.05) is 0 Å². The molecule has 2 aliphatic carbocycles. The van der Waals surface area contributed by atoms with E-state index in [0.717, 1.165) is 31.7 Å². The first-order chi connectivity index (χ1) is 19.2. The number of nitrogens with one attached hydrogen (secondary N) is 2. The fourth-order valence-corrected chi connectivity index (χ4v) is 5.60. The first kappa shape index (κ1) is 30.5. The highest BCUT2D eigenvalue weighted by atomic mass is 19.4. The van der Waals surface area contributed by atoms with Crippen molar-refractivity contribution in [1.82, 2.24) is 15.2 Å². The Morgan fingerprint density at radius 3 is 2.32 bits per heavy atom. The Hall–Kier alpha value is -3.50. The number of aromatic nitrogens is 1. The number of alkyl halides is 3. The summed E-state index contributed by atoms with van der Waals surface area (Å²) in [5, 5.41) is 5.76. The molecule has 8 nitrogen and oxygen atoms in total. The van der Waals surface area contributed by atoms with Gasteiger partial charge < -0.3 is 24.7 Å². The highest BCUT2D eigenvalue weighted by molar-refractivity contribution is 5.98. The van der Waals surface area contributed by atoms with E-state index in [-0.39, 0.29) is 23.6 Å². The second-order valence-corrected chi connectivity index (χ2v) is 12.1. The molecule has 2 aliphatic rings. The van der Waals surface area contributed by atoms with Crippen molar-refractivity contribution in [3.05, 3.63) is 41.1 Å². The highest BCUT2D eigenvalue weighted by Gasteiger charge is 2.34. The summed E-state index contributed by atoms with van der Waals surface area (Å²) in [4.78, 5) is 36.9. The molecule has 0 spiro atoms. The van der Waals surface area contributed by atoms with Crippen LogP contribution in [0.15, 0.2) is 24.3 Å². The number of halogens is 3. The van der Waals surface area contributed by atoms with Gasteiger partial charge in [-0.2, -0.15) is 0 Å². The number of carbonyl (C=O) groups excluding carboxylic acids is 3. The van der Waals surface area contributed by atoms with Crippen LogP contribution in [0.3, 0.4) is 0 Å². The van der Waals surface area contributed by atoms with Crippen LogP contribution in [0, 0.1) is 12.8 Å². The maximum Gasteiger partial charge on any atom is 0.573 e. The van der Waals surface area contributed by atoms with Gasteiger partial charge in [-0.05, 0) is 70.7 Å².